The van der Waals surface area contributed by atoms with E-state index in [1.165, 1.54) is 18.0 Å². The predicted octanol–water partition coefficient (Wildman–Crippen LogP) is 2.09. The van der Waals surface area contributed by atoms with Crippen LogP contribution in [0.15, 0.2) is 30.3 Å². The quantitative estimate of drug-likeness (QED) is 0.608. The van der Waals surface area contributed by atoms with Crippen molar-refractivity contribution in [2.45, 2.75) is 6.18 Å². The van der Waals surface area contributed by atoms with Crippen molar-refractivity contribution in [3.8, 4) is 0 Å². The largest absolute Gasteiger partial charge is 0.418 e. The number of carbonyl (C=O) groups is 1. The van der Waals surface area contributed by atoms with Crippen molar-refractivity contribution in [1.29, 1.82) is 0 Å². The number of nitrogens with one attached hydrogen (secondary N) is 1. The number of alkyl halides is 3. The summed E-state index contributed by atoms with van der Waals surface area (Å²) in [5, 5.41) is 21.1. The van der Waals surface area contributed by atoms with Crippen LogP contribution in [-0.4, -0.2) is 54.3 Å². The van der Waals surface area contributed by atoms with Gasteiger partial charge in [-0.2, -0.15) is 13.2 Å². The van der Waals surface area contributed by atoms with Crippen LogP contribution in [0.5, 0.6) is 0 Å². The average molecular weight is 410 g/mol. The molecule has 0 spiro atoms. The number of carbonyl (C=O) groups excluding carboxylic acids is 1. The molecule has 0 bridgehead atoms. The summed E-state index contributed by atoms with van der Waals surface area (Å²) in [6.45, 7) is 1.28. The van der Waals surface area contributed by atoms with E-state index >= 15 is 0 Å². The van der Waals surface area contributed by atoms with Gasteiger partial charge in [-0.3, -0.25) is 14.9 Å². The Morgan fingerprint density at radius 2 is 1.76 bits per heavy atom. The molecule has 0 radical (unpaired) electrons. The Balaban J connectivity index is 1.75. The summed E-state index contributed by atoms with van der Waals surface area (Å²) in [5.41, 5.74) is -1.57. The number of piperazine rings is 1. The second kappa shape index (κ2) is 7.89. The lowest BCUT2D eigenvalue weighted by molar-refractivity contribution is -0.385. The molecule has 0 aliphatic carbocycles. The van der Waals surface area contributed by atoms with Crippen LogP contribution in [0, 0.1) is 10.1 Å². The highest BCUT2D eigenvalue weighted by molar-refractivity contribution is 5.91. The van der Waals surface area contributed by atoms with Gasteiger partial charge in [0, 0.05) is 51.0 Å². The topological polar surface area (TPSA) is 104 Å². The minimum Gasteiger partial charge on any atom is -0.367 e. The van der Waals surface area contributed by atoms with Gasteiger partial charge in [0.25, 0.3) is 11.6 Å². The standard InChI is InChI=1S/C17H17F3N6O3/c1-21-16(27)13-3-5-15(23-22-13)25-8-6-24(7-9-25)14-4-2-11(26(28)29)10-12(14)17(18,19)20/h2-5,10H,6-9H2,1H3,(H,21,27). The number of nitro benzene ring substituents is 1. The Morgan fingerprint density at radius 1 is 1.10 bits per heavy atom. The predicted molar refractivity (Wildman–Crippen MR) is 97.9 cm³/mol. The summed E-state index contributed by atoms with van der Waals surface area (Å²) in [5.74, 6) is 0.142. The van der Waals surface area contributed by atoms with E-state index in [0.29, 0.717) is 25.0 Å². The Kier molecular flexibility index (Phi) is 5.52. The Bertz CT molecular complexity index is 912. The normalized spacial score (nSPS) is 14.6. The number of nitro groups is 1. The number of hydrogen-bond acceptors (Lipinski definition) is 7. The molecule has 1 N–H and O–H groups in total. The molecule has 2 heterocycles. The monoisotopic (exact) mass is 410 g/mol. The first kappa shape index (κ1) is 20.3. The fourth-order valence-electron chi connectivity index (χ4n) is 3.06. The molecule has 1 saturated heterocycles. The van der Waals surface area contributed by atoms with Crippen LogP contribution < -0.4 is 15.1 Å². The van der Waals surface area contributed by atoms with Gasteiger partial charge in [0.15, 0.2) is 11.5 Å². The number of hydrogen-bond donors (Lipinski definition) is 1. The van der Waals surface area contributed by atoms with E-state index in [1.807, 2.05) is 4.90 Å². The molecule has 0 unspecified atom stereocenters. The molecule has 154 valence electrons. The zero-order chi connectivity index (χ0) is 21.2. The minimum absolute atomic E-state index is 0.0937. The molecule has 0 atom stereocenters. The summed E-state index contributed by atoms with van der Waals surface area (Å²) in [4.78, 5) is 24.9. The molecule has 0 saturated carbocycles. The summed E-state index contributed by atoms with van der Waals surface area (Å²) in [6, 6.07) is 5.91. The highest BCUT2D eigenvalue weighted by Crippen LogP contribution is 2.39. The van der Waals surface area contributed by atoms with Crippen LogP contribution in [0.4, 0.5) is 30.4 Å². The van der Waals surface area contributed by atoms with Gasteiger partial charge in [0.2, 0.25) is 0 Å². The van der Waals surface area contributed by atoms with Gasteiger partial charge >= 0.3 is 6.18 Å². The number of benzene rings is 1. The fraction of sp³-hybridized carbons (Fsp3) is 0.353. The van der Waals surface area contributed by atoms with E-state index in [1.54, 1.807) is 6.07 Å². The Labute approximate surface area is 163 Å². The smallest absolute Gasteiger partial charge is 0.367 e. The molecule has 12 heteroatoms. The Morgan fingerprint density at radius 3 is 2.28 bits per heavy atom. The maximum atomic E-state index is 13.4. The van der Waals surface area contributed by atoms with Crippen molar-refractivity contribution < 1.29 is 22.9 Å². The van der Waals surface area contributed by atoms with Crippen LogP contribution in [0.1, 0.15) is 16.1 Å². The molecule has 2 aromatic rings. The van der Waals surface area contributed by atoms with Crippen molar-refractivity contribution >= 4 is 23.1 Å². The number of halogens is 3. The number of non-ortho nitro benzene ring substituents is 1. The van der Waals surface area contributed by atoms with Crippen LogP contribution in [-0.2, 0) is 6.18 Å². The van der Waals surface area contributed by atoms with Gasteiger partial charge in [-0.15, -0.1) is 10.2 Å². The van der Waals surface area contributed by atoms with Gasteiger partial charge in [-0.25, -0.2) is 0 Å². The molecule has 1 aromatic carbocycles. The van der Waals surface area contributed by atoms with Gasteiger partial charge in [0.05, 0.1) is 10.5 Å². The highest BCUT2D eigenvalue weighted by atomic mass is 19.4. The zero-order valence-corrected chi connectivity index (χ0v) is 15.3. The lowest BCUT2D eigenvalue weighted by atomic mass is 10.1. The van der Waals surface area contributed by atoms with Crippen LogP contribution in [0.3, 0.4) is 0 Å². The molecule has 1 aliphatic heterocycles. The van der Waals surface area contributed by atoms with E-state index in [9.17, 15) is 28.1 Å². The van der Waals surface area contributed by atoms with E-state index in [0.717, 1.165) is 12.1 Å². The molecule has 3 rings (SSSR count). The average Bonchev–Trinajstić information content (AvgIpc) is 2.72. The van der Waals surface area contributed by atoms with Gasteiger partial charge in [0.1, 0.15) is 0 Å². The molecular formula is C17H17F3N6O3. The number of anilines is 2. The molecule has 1 amide bonds. The maximum Gasteiger partial charge on any atom is 0.418 e. The van der Waals surface area contributed by atoms with Crippen LogP contribution >= 0.6 is 0 Å². The van der Waals surface area contributed by atoms with Gasteiger partial charge in [-0.1, -0.05) is 0 Å². The molecular weight excluding hydrogens is 393 g/mol. The van der Waals surface area contributed by atoms with E-state index in [4.69, 9.17) is 0 Å². The lowest BCUT2D eigenvalue weighted by Crippen LogP contribution is -2.47. The third-order valence-electron chi connectivity index (χ3n) is 4.55. The minimum atomic E-state index is -4.71. The summed E-state index contributed by atoms with van der Waals surface area (Å²) < 4.78 is 40.2. The van der Waals surface area contributed by atoms with Crippen LogP contribution in [0.2, 0.25) is 0 Å². The second-order valence-electron chi connectivity index (χ2n) is 6.29. The lowest BCUT2D eigenvalue weighted by Gasteiger charge is -2.37. The zero-order valence-electron chi connectivity index (χ0n) is 15.3. The number of aromatic nitrogens is 2. The van der Waals surface area contributed by atoms with Crippen LogP contribution in [0.25, 0.3) is 0 Å². The number of amides is 1. The molecule has 29 heavy (non-hydrogen) atoms. The summed E-state index contributed by atoms with van der Waals surface area (Å²) >= 11 is 0. The van der Waals surface area contributed by atoms with Crippen molar-refractivity contribution in [3.63, 3.8) is 0 Å². The fourth-order valence-corrected chi connectivity index (χ4v) is 3.06. The molecule has 1 aliphatic rings. The molecule has 1 fully saturated rings. The molecule has 9 nitrogen and oxygen atoms in total. The maximum absolute atomic E-state index is 13.4. The van der Waals surface area contributed by atoms with E-state index in [2.05, 4.69) is 15.5 Å². The number of rotatable bonds is 4. The third kappa shape index (κ3) is 4.36. The first-order chi connectivity index (χ1) is 13.7. The van der Waals surface area contributed by atoms with Crippen molar-refractivity contribution in [2.24, 2.45) is 0 Å². The van der Waals surface area contributed by atoms with Crippen molar-refractivity contribution in [2.75, 3.05) is 43.0 Å². The molecule has 1 aromatic heterocycles. The highest BCUT2D eigenvalue weighted by Gasteiger charge is 2.37. The second-order valence-corrected chi connectivity index (χ2v) is 6.29. The van der Waals surface area contributed by atoms with E-state index < -0.39 is 22.4 Å². The van der Waals surface area contributed by atoms with E-state index in [-0.39, 0.29) is 30.4 Å². The van der Waals surface area contributed by atoms with Gasteiger partial charge in [-0.05, 0) is 18.2 Å². The first-order valence-electron chi connectivity index (χ1n) is 8.62. The van der Waals surface area contributed by atoms with Gasteiger partial charge < -0.3 is 15.1 Å². The number of nitrogens with zero attached hydrogens (tertiary/aromatic N) is 5. The Hall–Kier alpha value is -3.44. The summed E-state index contributed by atoms with van der Waals surface area (Å²) in [6.07, 6.45) is -4.71. The first-order valence-corrected chi connectivity index (χ1v) is 8.62. The van der Waals surface area contributed by atoms with Crippen molar-refractivity contribution in [1.82, 2.24) is 15.5 Å². The SMILES string of the molecule is CNC(=O)c1ccc(N2CCN(c3ccc([N+](=O)[O-])cc3C(F)(F)F)CC2)nn1. The van der Waals surface area contributed by atoms with Crippen molar-refractivity contribution in [3.05, 3.63) is 51.7 Å². The third-order valence-corrected chi connectivity index (χ3v) is 4.55. The summed E-state index contributed by atoms with van der Waals surface area (Å²) in [7, 11) is 1.48.